The lowest BCUT2D eigenvalue weighted by Gasteiger charge is -2.06. The molecule has 0 aliphatic carbocycles. The molecule has 0 saturated heterocycles. The highest BCUT2D eigenvalue weighted by molar-refractivity contribution is 6.02. The third-order valence-corrected chi connectivity index (χ3v) is 2.37. The fourth-order valence-corrected chi connectivity index (χ4v) is 1.43. The summed E-state index contributed by atoms with van der Waals surface area (Å²) in [6.07, 6.45) is 0. The van der Waals surface area contributed by atoms with E-state index in [1.165, 1.54) is 6.07 Å². The van der Waals surface area contributed by atoms with Gasteiger partial charge in [0.1, 0.15) is 5.75 Å². The summed E-state index contributed by atoms with van der Waals surface area (Å²) >= 11 is 0. The second kappa shape index (κ2) is 5.78. The summed E-state index contributed by atoms with van der Waals surface area (Å²) in [7, 11) is 1.56. The Bertz CT molecular complexity index is 571. The molecule has 0 aliphatic rings. The number of nitrogens with zero attached hydrogens (tertiary/aromatic N) is 2. The summed E-state index contributed by atoms with van der Waals surface area (Å²) in [4.78, 5) is 11.9. The van der Waals surface area contributed by atoms with Crippen molar-refractivity contribution in [1.29, 1.82) is 0 Å². The quantitative estimate of drug-likeness (QED) is 0.559. The van der Waals surface area contributed by atoms with E-state index in [4.69, 9.17) is 10.6 Å². The Morgan fingerprint density at radius 2 is 2.11 bits per heavy atom. The zero-order chi connectivity index (χ0) is 13.7. The molecule has 0 radical (unpaired) electrons. The van der Waals surface area contributed by atoms with Crippen LogP contribution in [0.15, 0.2) is 36.4 Å². The lowest BCUT2D eigenvalue weighted by molar-refractivity contribution is 0.102. The molecule has 0 spiro atoms. The molecule has 0 aliphatic heterocycles. The molecule has 0 unspecified atom stereocenters. The van der Waals surface area contributed by atoms with Gasteiger partial charge in [0.2, 0.25) is 0 Å². The molecule has 4 N–H and O–H groups in total. The Labute approximate surface area is 109 Å². The van der Waals surface area contributed by atoms with Crippen LogP contribution in [0.1, 0.15) is 10.5 Å². The number of anilines is 2. The summed E-state index contributed by atoms with van der Waals surface area (Å²) in [5, 5.41) is 10.2. The van der Waals surface area contributed by atoms with Crippen molar-refractivity contribution in [2.24, 2.45) is 5.84 Å². The van der Waals surface area contributed by atoms with E-state index >= 15 is 0 Å². The minimum atomic E-state index is -0.357. The van der Waals surface area contributed by atoms with Crippen LogP contribution < -0.4 is 21.3 Å². The number of nitrogen functional groups attached to an aromatic ring is 1. The van der Waals surface area contributed by atoms with E-state index in [2.05, 4.69) is 20.9 Å². The van der Waals surface area contributed by atoms with Gasteiger partial charge >= 0.3 is 0 Å². The summed E-state index contributed by atoms with van der Waals surface area (Å²) < 4.78 is 5.07. The first-order valence-corrected chi connectivity index (χ1v) is 5.48. The van der Waals surface area contributed by atoms with E-state index < -0.39 is 0 Å². The number of benzene rings is 1. The Morgan fingerprint density at radius 1 is 1.26 bits per heavy atom. The van der Waals surface area contributed by atoms with E-state index in [9.17, 15) is 4.79 Å². The number of rotatable bonds is 4. The monoisotopic (exact) mass is 259 g/mol. The van der Waals surface area contributed by atoms with Crippen LogP contribution in [0.3, 0.4) is 0 Å². The van der Waals surface area contributed by atoms with Crippen molar-refractivity contribution >= 4 is 17.4 Å². The number of hydrazine groups is 1. The number of hydrogen-bond donors (Lipinski definition) is 3. The Balaban J connectivity index is 2.11. The molecule has 0 fully saturated rings. The molecule has 0 saturated carbocycles. The molecule has 1 aromatic heterocycles. The highest BCUT2D eigenvalue weighted by Gasteiger charge is 2.08. The Hall–Kier alpha value is -2.67. The summed E-state index contributed by atoms with van der Waals surface area (Å²) in [5.41, 5.74) is 3.15. The van der Waals surface area contributed by atoms with Gasteiger partial charge in [0.25, 0.3) is 5.91 Å². The smallest absolute Gasteiger partial charge is 0.276 e. The second-order valence-electron chi connectivity index (χ2n) is 3.63. The van der Waals surface area contributed by atoms with Crippen molar-refractivity contribution in [3.8, 4) is 5.75 Å². The topological polar surface area (TPSA) is 102 Å². The van der Waals surface area contributed by atoms with Gasteiger partial charge in [-0.25, -0.2) is 5.84 Å². The summed E-state index contributed by atoms with van der Waals surface area (Å²) in [6, 6.07) is 10.1. The average Bonchev–Trinajstić information content (AvgIpc) is 2.47. The van der Waals surface area contributed by atoms with Crippen LogP contribution in [0.2, 0.25) is 0 Å². The van der Waals surface area contributed by atoms with Crippen LogP contribution in [0.25, 0.3) is 0 Å². The average molecular weight is 259 g/mol. The van der Waals surface area contributed by atoms with Gasteiger partial charge in [-0.1, -0.05) is 6.07 Å². The fraction of sp³-hybridized carbons (Fsp3) is 0.0833. The van der Waals surface area contributed by atoms with E-state index in [1.807, 2.05) is 0 Å². The zero-order valence-electron chi connectivity index (χ0n) is 10.3. The van der Waals surface area contributed by atoms with Gasteiger partial charge in [0.15, 0.2) is 11.5 Å². The first-order valence-electron chi connectivity index (χ1n) is 5.48. The lowest BCUT2D eigenvalue weighted by atomic mass is 10.3. The summed E-state index contributed by atoms with van der Waals surface area (Å²) in [6.45, 7) is 0. The van der Waals surface area contributed by atoms with Crippen molar-refractivity contribution in [2.45, 2.75) is 0 Å². The number of aromatic nitrogens is 2. The molecule has 98 valence electrons. The number of hydrogen-bond acceptors (Lipinski definition) is 6. The van der Waals surface area contributed by atoms with Gasteiger partial charge in [-0.05, 0) is 24.3 Å². The van der Waals surface area contributed by atoms with Crippen molar-refractivity contribution < 1.29 is 9.53 Å². The van der Waals surface area contributed by atoms with Crippen molar-refractivity contribution in [3.63, 3.8) is 0 Å². The third kappa shape index (κ3) is 3.17. The third-order valence-electron chi connectivity index (χ3n) is 2.37. The van der Waals surface area contributed by atoms with Crippen LogP contribution in [-0.4, -0.2) is 23.2 Å². The van der Waals surface area contributed by atoms with Crippen LogP contribution >= 0.6 is 0 Å². The van der Waals surface area contributed by atoms with Crippen molar-refractivity contribution in [1.82, 2.24) is 10.2 Å². The standard InChI is InChI=1S/C12H13N5O2/c1-19-9-4-2-3-8(7-9)14-12(18)10-5-6-11(15-13)17-16-10/h2-7H,13H2,1H3,(H,14,18)(H,15,17). The number of methoxy groups -OCH3 is 1. The van der Waals surface area contributed by atoms with Crippen LogP contribution in [0, 0.1) is 0 Å². The minimum absolute atomic E-state index is 0.196. The van der Waals surface area contributed by atoms with Gasteiger partial charge in [-0.2, -0.15) is 0 Å². The Kier molecular flexibility index (Phi) is 3.89. The number of carbonyl (C=O) groups excluding carboxylic acids is 1. The molecular weight excluding hydrogens is 246 g/mol. The molecule has 0 atom stereocenters. The number of ether oxygens (including phenoxy) is 1. The van der Waals surface area contributed by atoms with Crippen LogP contribution in [-0.2, 0) is 0 Å². The largest absolute Gasteiger partial charge is 0.497 e. The second-order valence-corrected chi connectivity index (χ2v) is 3.63. The van der Waals surface area contributed by atoms with Gasteiger partial charge in [-0.3, -0.25) is 4.79 Å². The number of amides is 1. The number of nitrogens with one attached hydrogen (secondary N) is 2. The molecule has 7 nitrogen and oxygen atoms in total. The molecule has 1 heterocycles. The normalized spacial score (nSPS) is 9.79. The predicted octanol–water partition coefficient (Wildman–Crippen LogP) is 1.02. The lowest BCUT2D eigenvalue weighted by Crippen LogP contribution is -2.16. The van der Waals surface area contributed by atoms with E-state index in [0.29, 0.717) is 17.3 Å². The van der Waals surface area contributed by atoms with E-state index in [1.54, 1.807) is 37.4 Å². The van der Waals surface area contributed by atoms with Gasteiger partial charge in [0.05, 0.1) is 7.11 Å². The predicted molar refractivity (Wildman–Crippen MR) is 70.8 cm³/mol. The molecule has 2 rings (SSSR count). The van der Waals surface area contributed by atoms with Gasteiger partial charge in [0, 0.05) is 11.8 Å². The number of carbonyl (C=O) groups is 1. The highest BCUT2D eigenvalue weighted by atomic mass is 16.5. The van der Waals surface area contributed by atoms with Crippen LogP contribution in [0.4, 0.5) is 11.5 Å². The fourth-order valence-electron chi connectivity index (χ4n) is 1.43. The maximum absolute atomic E-state index is 11.9. The maximum Gasteiger partial charge on any atom is 0.276 e. The molecule has 19 heavy (non-hydrogen) atoms. The molecule has 1 aromatic carbocycles. The summed E-state index contributed by atoms with van der Waals surface area (Å²) in [5.74, 6) is 5.85. The molecular formula is C12H13N5O2. The van der Waals surface area contributed by atoms with Crippen molar-refractivity contribution in [3.05, 3.63) is 42.1 Å². The first-order chi connectivity index (χ1) is 9.22. The van der Waals surface area contributed by atoms with E-state index in [-0.39, 0.29) is 11.6 Å². The molecule has 7 heteroatoms. The van der Waals surface area contributed by atoms with Crippen LogP contribution in [0.5, 0.6) is 5.75 Å². The maximum atomic E-state index is 11.9. The first kappa shape index (κ1) is 12.8. The number of nitrogens with two attached hydrogens (primary N) is 1. The molecule has 0 bridgehead atoms. The highest BCUT2D eigenvalue weighted by Crippen LogP contribution is 2.17. The Morgan fingerprint density at radius 3 is 2.74 bits per heavy atom. The minimum Gasteiger partial charge on any atom is -0.497 e. The van der Waals surface area contributed by atoms with Gasteiger partial charge in [-0.15, -0.1) is 10.2 Å². The SMILES string of the molecule is COc1cccc(NC(=O)c2ccc(NN)nn2)c1. The van der Waals surface area contributed by atoms with Gasteiger partial charge < -0.3 is 15.5 Å². The zero-order valence-corrected chi connectivity index (χ0v) is 10.3. The molecule has 1 amide bonds. The van der Waals surface area contributed by atoms with E-state index in [0.717, 1.165) is 0 Å². The molecule has 2 aromatic rings. The van der Waals surface area contributed by atoms with Crippen molar-refractivity contribution in [2.75, 3.05) is 17.9 Å².